The molecular formula is C31H41N3O6S. The van der Waals surface area contributed by atoms with E-state index in [0.29, 0.717) is 51.1 Å². The molecule has 0 bridgehead atoms. The highest BCUT2D eigenvalue weighted by molar-refractivity contribution is 7.09. The standard InChI is InChI=1S/C31H41N3O6S/c1-5-7-16-40-26-10-8-23(9-11-26)19-27(33-31(38)34-14-12-24(13-15-34)29(35)36)28-32-25(20-41-28)18-21(3)17-22(4)30(37)39-6-2/h8-11,17-18,20,24,27H,5-7,12-16,19H2,1-4H3,(H,33,38)(H,35,36)/b21-18+,22-17-/t27-/m0/s1. The third kappa shape index (κ3) is 10.0. The number of likely N-dealkylation sites (tertiary alicyclic amines) is 1. The van der Waals surface area contributed by atoms with Crippen LogP contribution in [0.4, 0.5) is 4.79 Å². The number of hydrogen-bond donors (Lipinski definition) is 2. The number of urea groups is 1. The lowest BCUT2D eigenvalue weighted by Gasteiger charge is -2.31. The highest BCUT2D eigenvalue weighted by atomic mass is 32.1. The summed E-state index contributed by atoms with van der Waals surface area (Å²) < 4.78 is 10.8. The van der Waals surface area contributed by atoms with Crippen LogP contribution in [0.25, 0.3) is 6.08 Å². The lowest BCUT2D eigenvalue weighted by molar-refractivity contribution is -0.143. The van der Waals surface area contributed by atoms with Crippen molar-refractivity contribution in [3.63, 3.8) is 0 Å². The molecule has 2 N–H and O–H groups in total. The summed E-state index contributed by atoms with van der Waals surface area (Å²) in [5.74, 6) is -0.759. The minimum atomic E-state index is -0.809. The number of piperidine rings is 1. The van der Waals surface area contributed by atoms with E-state index in [2.05, 4.69) is 12.2 Å². The number of ether oxygens (including phenoxy) is 2. The van der Waals surface area contributed by atoms with Crippen LogP contribution in [0.15, 0.2) is 46.9 Å². The molecule has 2 amide bonds. The van der Waals surface area contributed by atoms with Gasteiger partial charge in [-0.15, -0.1) is 11.3 Å². The van der Waals surface area contributed by atoms with Gasteiger partial charge in [0.1, 0.15) is 10.8 Å². The van der Waals surface area contributed by atoms with Crippen molar-refractivity contribution in [2.75, 3.05) is 26.3 Å². The van der Waals surface area contributed by atoms with Crippen molar-refractivity contribution in [3.8, 4) is 5.75 Å². The minimum Gasteiger partial charge on any atom is -0.494 e. The van der Waals surface area contributed by atoms with Gasteiger partial charge in [0.15, 0.2) is 0 Å². The van der Waals surface area contributed by atoms with Gasteiger partial charge in [0.05, 0.1) is 30.9 Å². The monoisotopic (exact) mass is 583 g/mol. The number of aliphatic carboxylic acids is 1. The van der Waals surface area contributed by atoms with Crippen molar-refractivity contribution in [1.29, 1.82) is 0 Å². The van der Waals surface area contributed by atoms with Crippen LogP contribution >= 0.6 is 11.3 Å². The zero-order chi connectivity index (χ0) is 29.8. The molecule has 9 nitrogen and oxygen atoms in total. The summed E-state index contributed by atoms with van der Waals surface area (Å²) in [6.07, 6.45) is 7.14. The predicted octanol–water partition coefficient (Wildman–Crippen LogP) is 6.02. The number of thiazole rings is 1. The molecule has 2 aromatic rings. The maximum Gasteiger partial charge on any atom is 0.333 e. The van der Waals surface area contributed by atoms with Gasteiger partial charge in [0.2, 0.25) is 0 Å². The smallest absolute Gasteiger partial charge is 0.333 e. The summed E-state index contributed by atoms with van der Waals surface area (Å²) in [6.45, 7) is 9.30. The molecule has 1 saturated heterocycles. The van der Waals surface area contributed by atoms with E-state index in [-0.39, 0.29) is 18.0 Å². The fourth-order valence-corrected chi connectivity index (χ4v) is 5.34. The van der Waals surface area contributed by atoms with Crippen molar-refractivity contribution in [3.05, 3.63) is 63.1 Å². The molecule has 0 unspecified atom stereocenters. The Morgan fingerprint density at radius 3 is 2.51 bits per heavy atom. The number of nitrogens with one attached hydrogen (secondary N) is 1. The average molecular weight is 584 g/mol. The van der Waals surface area contributed by atoms with Crippen LogP contribution in [0.5, 0.6) is 5.75 Å². The van der Waals surface area contributed by atoms with Gasteiger partial charge in [-0.1, -0.05) is 25.5 Å². The molecule has 1 aromatic carbocycles. The summed E-state index contributed by atoms with van der Waals surface area (Å²) >= 11 is 1.46. The quantitative estimate of drug-likeness (QED) is 0.128. The second kappa shape index (κ2) is 16.0. The number of carboxylic acid groups (broad SMARTS) is 1. The Morgan fingerprint density at radius 2 is 1.88 bits per heavy atom. The molecule has 1 fully saturated rings. The van der Waals surface area contributed by atoms with Crippen molar-refractivity contribution in [2.45, 2.75) is 65.8 Å². The molecule has 3 rings (SSSR count). The SMILES string of the molecule is CCCCOc1ccc(C[C@H](NC(=O)N2CCC(C(=O)O)CC2)c2nc(/C=C(C)/C=C(/C)C(=O)OCC)cs2)cc1. The molecule has 10 heteroatoms. The van der Waals surface area contributed by atoms with Crippen LogP contribution in [0, 0.1) is 5.92 Å². The van der Waals surface area contributed by atoms with E-state index in [1.54, 1.807) is 24.8 Å². The molecule has 0 saturated carbocycles. The number of amides is 2. The number of rotatable bonds is 13. The Balaban J connectivity index is 1.77. The molecule has 1 aliphatic rings. The summed E-state index contributed by atoms with van der Waals surface area (Å²) in [4.78, 5) is 43.0. The first-order valence-electron chi connectivity index (χ1n) is 14.2. The molecule has 2 heterocycles. The average Bonchev–Trinajstić information content (AvgIpc) is 3.42. The van der Waals surface area contributed by atoms with Crippen LogP contribution in [0.2, 0.25) is 0 Å². The molecule has 1 aliphatic heterocycles. The number of carboxylic acids is 1. The lowest BCUT2D eigenvalue weighted by Crippen LogP contribution is -2.46. The number of unbranched alkanes of at least 4 members (excludes halogenated alkanes) is 1. The van der Waals surface area contributed by atoms with Gasteiger partial charge in [-0.2, -0.15) is 0 Å². The van der Waals surface area contributed by atoms with Crippen LogP contribution in [-0.4, -0.2) is 59.3 Å². The number of benzene rings is 1. The Bertz CT molecular complexity index is 1230. The molecule has 0 aliphatic carbocycles. The first kappa shape index (κ1) is 31.9. The van der Waals surface area contributed by atoms with Crippen molar-refractivity contribution in [1.82, 2.24) is 15.2 Å². The summed E-state index contributed by atoms with van der Waals surface area (Å²) in [6, 6.07) is 7.28. The highest BCUT2D eigenvalue weighted by Gasteiger charge is 2.29. The first-order valence-corrected chi connectivity index (χ1v) is 15.1. The summed E-state index contributed by atoms with van der Waals surface area (Å²) in [5.41, 5.74) is 3.12. The third-order valence-electron chi connectivity index (χ3n) is 6.81. The van der Waals surface area contributed by atoms with Gasteiger partial charge in [-0.05, 0) is 81.9 Å². The van der Waals surface area contributed by atoms with E-state index in [1.807, 2.05) is 42.6 Å². The summed E-state index contributed by atoms with van der Waals surface area (Å²) in [7, 11) is 0. The number of carbonyl (C=O) groups excluding carboxylic acids is 2. The lowest BCUT2D eigenvalue weighted by atomic mass is 9.97. The Labute approximate surface area is 246 Å². The van der Waals surface area contributed by atoms with Gasteiger partial charge >= 0.3 is 18.0 Å². The van der Waals surface area contributed by atoms with Gasteiger partial charge in [0.25, 0.3) is 0 Å². The van der Waals surface area contributed by atoms with E-state index >= 15 is 0 Å². The molecule has 0 radical (unpaired) electrons. The van der Waals surface area contributed by atoms with E-state index in [1.165, 1.54) is 11.3 Å². The van der Waals surface area contributed by atoms with Crippen molar-refractivity contribution >= 4 is 35.4 Å². The molecule has 1 aromatic heterocycles. The number of allylic oxidation sites excluding steroid dienone is 2. The van der Waals surface area contributed by atoms with Gasteiger partial charge in [-0.3, -0.25) is 4.79 Å². The predicted molar refractivity (Wildman–Crippen MR) is 160 cm³/mol. The Morgan fingerprint density at radius 1 is 1.17 bits per heavy atom. The zero-order valence-electron chi connectivity index (χ0n) is 24.4. The molecular weight excluding hydrogens is 542 g/mol. The number of esters is 1. The largest absolute Gasteiger partial charge is 0.494 e. The zero-order valence-corrected chi connectivity index (χ0v) is 25.2. The molecule has 1 atom stereocenters. The topological polar surface area (TPSA) is 118 Å². The van der Waals surface area contributed by atoms with Crippen LogP contribution in [0.1, 0.15) is 75.7 Å². The van der Waals surface area contributed by atoms with Crippen LogP contribution in [-0.2, 0) is 20.7 Å². The fourth-order valence-electron chi connectivity index (χ4n) is 4.51. The van der Waals surface area contributed by atoms with Crippen molar-refractivity contribution < 1.29 is 29.0 Å². The van der Waals surface area contributed by atoms with Crippen molar-refractivity contribution in [2.24, 2.45) is 5.92 Å². The maximum absolute atomic E-state index is 13.2. The van der Waals surface area contributed by atoms with Gasteiger partial charge in [0, 0.05) is 24.0 Å². The fraction of sp³-hybridized carbons (Fsp3) is 0.484. The normalized spacial score (nSPS) is 15.4. The van der Waals surface area contributed by atoms with Crippen LogP contribution in [0.3, 0.4) is 0 Å². The highest BCUT2D eigenvalue weighted by Crippen LogP contribution is 2.26. The molecule has 0 spiro atoms. The summed E-state index contributed by atoms with van der Waals surface area (Å²) in [5, 5.41) is 15.1. The van der Waals surface area contributed by atoms with E-state index in [9.17, 15) is 19.5 Å². The van der Waals surface area contributed by atoms with E-state index in [4.69, 9.17) is 14.5 Å². The number of hydrogen-bond acceptors (Lipinski definition) is 7. The maximum atomic E-state index is 13.2. The van der Waals surface area contributed by atoms with Crippen LogP contribution < -0.4 is 10.1 Å². The molecule has 41 heavy (non-hydrogen) atoms. The van der Waals surface area contributed by atoms with Gasteiger partial charge < -0.3 is 24.8 Å². The minimum absolute atomic E-state index is 0.227. The number of carbonyl (C=O) groups is 3. The Hall–Kier alpha value is -3.66. The molecule has 222 valence electrons. The second-order valence-electron chi connectivity index (χ2n) is 10.2. The van der Waals surface area contributed by atoms with Gasteiger partial charge in [-0.25, -0.2) is 14.6 Å². The van der Waals surface area contributed by atoms with E-state index in [0.717, 1.165) is 40.4 Å². The number of aromatic nitrogens is 1. The second-order valence-corrected chi connectivity index (χ2v) is 11.1. The third-order valence-corrected chi connectivity index (χ3v) is 7.79. The number of nitrogens with zero attached hydrogens (tertiary/aromatic N) is 2. The first-order chi connectivity index (χ1) is 19.7. The Kier molecular flexibility index (Phi) is 12.4. The van der Waals surface area contributed by atoms with E-state index < -0.39 is 11.9 Å².